The van der Waals surface area contributed by atoms with E-state index in [1.165, 1.54) is 7.11 Å². The van der Waals surface area contributed by atoms with E-state index in [2.05, 4.69) is 4.40 Å². The molecule has 2 rings (SSSR count). The molecular formula is C10H11NO4S. The van der Waals surface area contributed by atoms with E-state index < -0.39 is 16.1 Å². The van der Waals surface area contributed by atoms with Crippen molar-refractivity contribution < 1.29 is 17.9 Å². The number of sulfonamides is 1. The first kappa shape index (κ1) is 10.9. The highest BCUT2D eigenvalue weighted by molar-refractivity contribution is 7.90. The Labute approximate surface area is 93.8 Å². The van der Waals surface area contributed by atoms with E-state index in [9.17, 15) is 8.42 Å². The Morgan fingerprint density at radius 3 is 2.69 bits per heavy atom. The molecule has 0 saturated carbocycles. The van der Waals surface area contributed by atoms with E-state index in [1.807, 2.05) is 18.2 Å². The number of nitrogens with zero attached hydrogens (tertiary/aromatic N) is 1. The van der Waals surface area contributed by atoms with Crippen molar-refractivity contribution in [2.24, 2.45) is 4.40 Å². The summed E-state index contributed by atoms with van der Waals surface area (Å²) in [7, 11) is -2.18. The smallest absolute Gasteiger partial charge is 0.399 e. The maximum atomic E-state index is 11.5. The minimum Gasteiger partial charge on any atom is -0.453 e. The molecule has 1 heterocycles. The molecule has 0 radical (unpaired) electrons. The fraction of sp³-hybridized carbons (Fsp3) is 0.300. The molecule has 0 aromatic heterocycles. The molecule has 0 unspecified atom stereocenters. The predicted octanol–water partition coefficient (Wildman–Crippen LogP) is 1.09. The second kappa shape index (κ2) is 4.13. The molecular weight excluding hydrogens is 230 g/mol. The number of rotatable bonds is 1. The fourth-order valence-electron chi connectivity index (χ4n) is 1.44. The molecule has 1 atom stereocenters. The lowest BCUT2D eigenvalue weighted by Gasteiger charge is -2.21. The van der Waals surface area contributed by atoms with Gasteiger partial charge in [-0.2, -0.15) is 0 Å². The van der Waals surface area contributed by atoms with Crippen LogP contribution in [0, 0.1) is 0 Å². The fourth-order valence-corrected chi connectivity index (χ4v) is 2.50. The van der Waals surface area contributed by atoms with Gasteiger partial charge < -0.3 is 9.47 Å². The Morgan fingerprint density at radius 1 is 1.38 bits per heavy atom. The third-order valence-corrected chi connectivity index (χ3v) is 3.32. The van der Waals surface area contributed by atoms with Crippen molar-refractivity contribution in [3.8, 4) is 0 Å². The van der Waals surface area contributed by atoms with Gasteiger partial charge in [-0.05, 0) is 5.56 Å². The summed E-state index contributed by atoms with van der Waals surface area (Å²) in [5.41, 5.74) is 0.788. The van der Waals surface area contributed by atoms with Crippen LogP contribution in [0.4, 0.5) is 0 Å². The molecule has 0 aliphatic carbocycles. The minimum absolute atomic E-state index is 0.163. The van der Waals surface area contributed by atoms with Gasteiger partial charge in [-0.1, -0.05) is 34.7 Å². The monoisotopic (exact) mass is 241 g/mol. The van der Waals surface area contributed by atoms with Crippen LogP contribution >= 0.6 is 0 Å². The standard InChI is InChI=1S/C10H11NO4S/c1-14-10-11-16(12,13)7-9(15-10)8-5-3-2-4-6-8/h2-6,9H,7H2,1H3/t9-/m1/s1. The number of ether oxygens (including phenoxy) is 2. The molecule has 0 amide bonds. The summed E-state index contributed by atoms with van der Waals surface area (Å²) in [5.74, 6) is -0.163. The highest BCUT2D eigenvalue weighted by Crippen LogP contribution is 2.24. The van der Waals surface area contributed by atoms with Crippen LogP contribution in [0.25, 0.3) is 0 Å². The number of benzene rings is 1. The van der Waals surface area contributed by atoms with Crippen LogP contribution in [0.3, 0.4) is 0 Å². The number of hydrogen-bond donors (Lipinski definition) is 0. The van der Waals surface area contributed by atoms with Gasteiger partial charge in [0.25, 0.3) is 10.0 Å². The molecule has 0 bridgehead atoms. The summed E-state index contributed by atoms with van der Waals surface area (Å²) in [4.78, 5) is 0. The second-order valence-electron chi connectivity index (χ2n) is 3.33. The van der Waals surface area contributed by atoms with Crippen LogP contribution in [-0.4, -0.2) is 27.4 Å². The van der Waals surface area contributed by atoms with Gasteiger partial charge in [0.1, 0.15) is 11.9 Å². The van der Waals surface area contributed by atoms with Gasteiger partial charge in [-0.3, -0.25) is 0 Å². The summed E-state index contributed by atoms with van der Waals surface area (Å²) in [5, 5.41) is 0. The second-order valence-corrected chi connectivity index (χ2v) is 5.01. The summed E-state index contributed by atoms with van der Waals surface area (Å²) in [6.45, 7) is 0. The topological polar surface area (TPSA) is 65.0 Å². The van der Waals surface area contributed by atoms with Crippen LogP contribution in [0.2, 0.25) is 0 Å². The molecule has 0 saturated heterocycles. The maximum absolute atomic E-state index is 11.5. The Hall–Kier alpha value is -1.56. The average Bonchev–Trinajstić information content (AvgIpc) is 2.28. The molecule has 1 aromatic carbocycles. The zero-order chi connectivity index (χ0) is 11.6. The first-order valence-corrected chi connectivity index (χ1v) is 6.30. The van der Waals surface area contributed by atoms with Crippen LogP contribution in [0.15, 0.2) is 34.7 Å². The van der Waals surface area contributed by atoms with Crippen LogP contribution in [0.5, 0.6) is 0 Å². The quantitative estimate of drug-likeness (QED) is 0.738. The third-order valence-electron chi connectivity index (χ3n) is 2.16. The summed E-state index contributed by atoms with van der Waals surface area (Å²) in [6.07, 6.45) is -0.765. The van der Waals surface area contributed by atoms with E-state index in [0.717, 1.165) is 5.56 Å². The number of methoxy groups -OCH3 is 1. The SMILES string of the molecule is COC1=NS(=O)(=O)C[C@H](c2ccccc2)O1. The minimum atomic E-state index is -3.50. The van der Waals surface area contributed by atoms with E-state index in [4.69, 9.17) is 9.47 Å². The normalized spacial score (nSPS) is 23.1. The average molecular weight is 241 g/mol. The van der Waals surface area contributed by atoms with Gasteiger partial charge in [0.15, 0.2) is 0 Å². The molecule has 86 valence electrons. The Balaban J connectivity index is 2.31. The molecule has 16 heavy (non-hydrogen) atoms. The van der Waals surface area contributed by atoms with Crippen LogP contribution in [-0.2, 0) is 19.5 Å². The maximum Gasteiger partial charge on any atom is 0.399 e. The van der Waals surface area contributed by atoms with Gasteiger partial charge in [0, 0.05) is 0 Å². The van der Waals surface area contributed by atoms with Gasteiger partial charge in [-0.25, -0.2) is 8.42 Å². The van der Waals surface area contributed by atoms with Crippen molar-refractivity contribution in [2.75, 3.05) is 12.9 Å². The van der Waals surface area contributed by atoms with Crippen molar-refractivity contribution in [2.45, 2.75) is 6.10 Å². The van der Waals surface area contributed by atoms with Gasteiger partial charge >= 0.3 is 6.08 Å². The third kappa shape index (κ3) is 2.33. The van der Waals surface area contributed by atoms with Crippen molar-refractivity contribution in [1.29, 1.82) is 0 Å². The Morgan fingerprint density at radius 2 is 2.06 bits per heavy atom. The molecule has 1 aromatic rings. The van der Waals surface area contributed by atoms with E-state index >= 15 is 0 Å². The molecule has 1 aliphatic rings. The summed E-state index contributed by atoms with van der Waals surface area (Å²) >= 11 is 0. The highest BCUT2D eigenvalue weighted by atomic mass is 32.2. The van der Waals surface area contributed by atoms with Crippen molar-refractivity contribution >= 4 is 16.1 Å². The largest absolute Gasteiger partial charge is 0.453 e. The number of hydrogen-bond acceptors (Lipinski definition) is 4. The zero-order valence-corrected chi connectivity index (χ0v) is 9.48. The lowest BCUT2D eigenvalue weighted by atomic mass is 10.1. The molecule has 0 N–H and O–H groups in total. The van der Waals surface area contributed by atoms with Crippen molar-refractivity contribution in [3.05, 3.63) is 35.9 Å². The lowest BCUT2D eigenvalue weighted by Crippen LogP contribution is -2.26. The summed E-state index contributed by atoms with van der Waals surface area (Å²) < 4.78 is 36.3. The molecule has 0 fully saturated rings. The summed E-state index contributed by atoms with van der Waals surface area (Å²) in [6, 6.07) is 9.11. The zero-order valence-electron chi connectivity index (χ0n) is 8.66. The van der Waals surface area contributed by atoms with Gasteiger partial charge in [0.05, 0.1) is 7.11 Å². The predicted molar refractivity (Wildman–Crippen MR) is 58.5 cm³/mol. The molecule has 5 nitrogen and oxygen atoms in total. The molecule has 6 heteroatoms. The van der Waals surface area contributed by atoms with Crippen molar-refractivity contribution in [1.82, 2.24) is 0 Å². The van der Waals surface area contributed by atoms with E-state index in [-0.39, 0.29) is 11.8 Å². The lowest BCUT2D eigenvalue weighted by molar-refractivity contribution is 0.137. The van der Waals surface area contributed by atoms with E-state index in [0.29, 0.717) is 0 Å². The van der Waals surface area contributed by atoms with Gasteiger partial charge in [0.2, 0.25) is 0 Å². The van der Waals surface area contributed by atoms with Crippen LogP contribution in [0.1, 0.15) is 11.7 Å². The first-order chi connectivity index (χ1) is 7.61. The highest BCUT2D eigenvalue weighted by Gasteiger charge is 2.29. The van der Waals surface area contributed by atoms with Crippen LogP contribution < -0.4 is 0 Å². The van der Waals surface area contributed by atoms with Gasteiger partial charge in [-0.15, -0.1) is 0 Å². The molecule has 1 aliphatic heterocycles. The Kier molecular flexibility index (Phi) is 2.82. The first-order valence-electron chi connectivity index (χ1n) is 4.69. The molecule has 0 spiro atoms. The Bertz CT molecular complexity index is 495. The van der Waals surface area contributed by atoms with Crippen molar-refractivity contribution in [3.63, 3.8) is 0 Å². The van der Waals surface area contributed by atoms with E-state index in [1.54, 1.807) is 12.1 Å².